The van der Waals surface area contributed by atoms with Gasteiger partial charge in [-0.05, 0) is 75.1 Å². The highest BCUT2D eigenvalue weighted by molar-refractivity contribution is 7.57. The van der Waals surface area contributed by atoms with Crippen molar-refractivity contribution in [2.24, 2.45) is 38.9 Å². The standard InChI is InChI=1S/C38H52N5O7P/c1-23(2)20-37(16-17-37)32(44)26(6)43-51(47,50-28-11-9-8-10-12-28)18-15-31-33(48-35(45)24(3)4)36(7,46)38(21-39,49-31)29-14-13-27-19-30(25(29)5)41-22-42-34(27)40/h8-14,22-26,30-31,33,46H,15-20H2,1-7H3,(H,43,47)(H2,40,41,42)/t25-,26-,30?,31-,33-,36-,38+,51?/m1/s1. The molecule has 5 rings (SSSR count). The summed E-state index contributed by atoms with van der Waals surface area (Å²) in [5, 5.41) is 26.4. The van der Waals surface area contributed by atoms with Crippen LogP contribution in [0.5, 0.6) is 5.75 Å². The van der Waals surface area contributed by atoms with E-state index >= 15 is 0 Å². The molecule has 0 radical (unpaired) electrons. The molecule has 276 valence electrons. The van der Waals surface area contributed by atoms with Crippen LogP contribution in [0, 0.1) is 34.5 Å². The number of benzene rings is 1. The minimum Gasteiger partial charge on any atom is -0.456 e. The van der Waals surface area contributed by atoms with Crippen molar-refractivity contribution in [3.63, 3.8) is 0 Å². The van der Waals surface area contributed by atoms with Gasteiger partial charge in [0, 0.05) is 11.3 Å². The van der Waals surface area contributed by atoms with Gasteiger partial charge in [0.2, 0.25) is 5.60 Å². The minimum absolute atomic E-state index is 0.00172. The summed E-state index contributed by atoms with van der Waals surface area (Å²) in [6.45, 7) is 12.5. The smallest absolute Gasteiger partial charge is 0.317 e. The molecule has 51 heavy (non-hydrogen) atoms. The van der Waals surface area contributed by atoms with Gasteiger partial charge in [0.05, 0.1) is 24.2 Å². The number of nitrogens with two attached hydrogens (primary N) is 1. The lowest BCUT2D eigenvalue weighted by Gasteiger charge is -2.39. The van der Waals surface area contributed by atoms with E-state index in [9.17, 15) is 24.5 Å². The molecule has 12 nitrogen and oxygen atoms in total. The summed E-state index contributed by atoms with van der Waals surface area (Å²) >= 11 is 0. The van der Waals surface area contributed by atoms with Crippen molar-refractivity contribution < 1.29 is 33.3 Å². The number of hydrogen-bond donors (Lipinski definition) is 3. The number of amidine groups is 1. The van der Waals surface area contributed by atoms with Crippen LogP contribution in [0.1, 0.15) is 80.6 Å². The predicted octanol–water partition coefficient (Wildman–Crippen LogP) is 5.66. The van der Waals surface area contributed by atoms with Gasteiger partial charge in [-0.2, -0.15) is 5.26 Å². The van der Waals surface area contributed by atoms with E-state index in [1.54, 1.807) is 57.2 Å². The highest BCUT2D eigenvalue weighted by Gasteiger charge is 2.67. The summed E-state index contributed by atoms with van der Waals surface area (Å²) in [7, 11) is -3.86. The SMILES string of the molecule is CC(C)CC1(C(=O)[C@@H](C)NP(=O)(CC[C@H]2O[C@@](C#N)(C3=CC=C4CC(N=CN=C4N)[C@@H]3C)[C@](C)(O)[C@@H]2OC(=O)C(C)C)Oc2ccccc2)CC1. The van der Waals surface area contributed by atoms with E-state index in [-0.39, 0.29) is 24.4 Å². The summed E-state index contributed by atoms with van der Waals surface area (Å²) in [4.78, 5) is 35.6. The topological polar surface area (TPSA) is 186 Å². The van der Waals surface area contributed by atoms with E-state index < -0.39 is 60.2 Å². The average molecular weight is 722 g/mol. The molecule has 1 saturated carbocycles. The Morgan fingerprint density at radius 1 is 1.18 bits per heavy atom. The number of nitrogens with zero attached hydrogens (tertiary/aromatic N) is 3. The summed E-state index contributed by atoms with van der Waals surface area (Å²) in [5.41, 5.74) is 2.87. The number of para-hydroxylation sites is 1. The van der Waals surface area contributed by atoms with E-state index in [0.29, 0.717) is 29.5 Å². The van der Waals surface area contributed by atoms with Gasteiger partial charge < -0.3 is 24.8 Å². The molecule has 13 heteroatoms. The molecule has 4 N–H and O–H groups in total. The Balaban J connectivity index is 1.49. The molecule has 8 atom stereocenters. The number of nitriles is 1. The molecule has 2 aliphatic carbocycles. The summed E-state index contributed by atoms with van der Waals surface area (Å²) in [6.07, 6.45) is 5.07. The Hall–Kier alpha value is -3.62. The first-order valence-corrected chi connectivity index (χ1v) is 19.7. The molecule has 1 aromatic carbocycles. The molecule has 2 heterocycles. The Kier molecular flexibility index (Phi) is 11.2. The largest absolute Gasteiger partial charge is 0.456 e. The number of carbonyl (C=O) groups is 2. The highest BCUT2D eigenvalue weighted by Crippen LogP contribution is 2.55. The molecular weight excluding hydrogens is 669 g/mol. The fraction of sp³-hybridized carbons (Fsp3) is 0.605. The highest BCUT2D eigenvalue weighted by atomic mass is 31.2. The zero-order chi connectivity index (χ0) is 37.4. The molecule has 1 saturated heterocycles. The third-order valence-corrected chi connectivity index (χ3v) is 12.8. The van der Waals surface area contributed by atoms with Crippen molar-refractivity contribution in [1.29, 1.82) is 5.26 Å². The molecule has 2 unspecified atom stereocenters. The minimum atomic E-state index is -3.86. The Labute approximate surface area is 301 Å². The van der Waals surface area contributed by atoms with E-state index in [1.807, 2.05) is 13.0 Å². The first-order chi connectivity index (χ1) is 24.0. The third kappa shape index (κ3) is 7.78. The Morgan fingerprint density at radius 3 is 2.47 bits per heavy atom. The van der Waals surface area contributed by atoms with Crippen molar-refractivity contribution in [3.05, 3.63) is 53.6 Å². The number of aliphatic imine (C=N–C) groups is 2. The van der Waals surface area contributed by atoms with Crippen molar-refractivity contribution >= 4 is 31.4 Å². The molecular formula is C38H52N5O7P. The van der Waals surface area contributed by atoms with Crippen LogP contribution in [-0.2, 0) is 23.6 Å². The van der Waals surface area contributed by atoms with Gasteiger partial charge in [0.15, 0.2) is 11.9 Å². The van der Waals surface area contributed by atoms with Crippen molar-refractivity contribution in [2.45, 2.75) is 116 Å². The second-order valence-corrected chi connectivity index (χ2v) is 17.7. The van der Waals surface area contributed by atoms with Gasteiger partial charge in [0.25, 0.3) is 0 Å². The number of fused-ring (bicyclic) bond motifs is 2. The molecule has 2 aliphatic heterocycles. The van der Waals surface area contributed by atoms with Crippen molar-refractivity contribution in [2.75, 3.05) is 6.16 Å². The second kappa shape index (κ2) is 14.8. The fourth-order valence-electron chi connectivity index (χ4n) is 7.67. The first-order valence-electron chi connectivity index (χ1n) is 17.9. The molecule has 0 aromatic heterocycles. The lowest BCUT2D eigenvalue weighted by molar-refractivity contribution is -0.166. The maximum Gasteiger partial charge on any atom is 0.317 e. The lowest BCUT2D eigenvalue weighted by atomic mass is 9.71. The number of Topliss-reactive ketones (excluding diaryl/α,β-unsaturated/α-hetero) is 1. The summed E-state index contributed by atoms with van der Waals surface area (Å²) in [5.74, 6) is -0.556. The van der Waals surface area contributed by atoms with Crippen LogP contribution in [0.2, 0.25) is 0 Å². The zero-order valence-electron chi connectivity index (χ0n) is 30.7. The molecule has 4 aliphatic rings. The van der Waals surface area contributed by atoms with Crippen LogP contribution in [0.25, 0.3) is 0 Å². The quantitative estimate of drug-likeness (QED) is 0.160. The number of allylic oxidation sites excluding steroid dienone is 2. The molecule has 0 spiro atoms. The number of aliphatic hydroxyl groups is 1. The lowest BCUT2D eigenvalue weighted by Crippen LogP contribution is -2.57. The van der Waals surface area contributed by atoms with Gasteiger partial charge in [-0.15, -0.1) is 0 Å². The van der Waals surface area contributed by atoms with Gasteiger partial charge in [-0.25, -0.2) is 10.1 Å². The number of hydrogen-bond acceptors (Lipinski definition) is 11. The van der Waals surface area contributed by atoms with Gasteiger partial charge in [0.1, 0.15) is 35.7 Å². The monoisotopic (exact) mass is 721 g/mol. The van der Waals surface area contributed by atoms with E-state index in [0.717, 1.165) is 24.8 Å². The normalized spacial score (nSPS) is 31.3. The zero-order valence-corrected chi connectivity index (χ0v) is 31.6. The van der Waals surface area contributed by atoms with Crippen molar-refractivity contribution in [1.82, 2.24) is 5.09 Å². The number of esters is 1. The van der Waals surface area contributed by atoms with Gasteiger partial charge in [-0.1, -0.05) is 65.0 Å². The van der Waals surface area contributed by atoms with E-state index in [4.69, 9.17) is 19.7 Å². The molecule has 1 aromatic rings. The Morgan fingerprint density at radius 2 is 1.86 bits per heavy atom. The van der Waals surface area contributed by atoms with Crippen LogP contribution in [0.3, 0.4) is 0 Å². The van der Waals surface area contributed by atoms with E-state index in [1.165, 1.54) is 13.3 Å². The fourth-order valence-corrected chi connectivity index (χ4v) is 9.71. The molecule has 0 amide bonds. The predicted molar refractivity (Wildman–Crippen MR) is 195 cm³/mol. The maximum absolute atomic E-state index is 14.8. The van der Waals surface area contributed by atoms with Crippen LogP contribution in [0.15, 0.2) is 63.6 Å². The second-order valence-electron chi connectivity index (χ2n) is 15.4. The average Bonchev–Trinajstić information content (AvgIpc) is 3.86. The van der Waals surface area contributed by atoms with Crippen molar-refractivity contribution in [3.8, 4) is 11.8 Å². The van der Waals surface area contributed by atoms with Gasteiger partial charge in [-0.3, -0.25) is 19.1 Å². The third-order valence-electron chi connectivity index (χ3n) is 10.6. The maximum atomic E-state index is 14.8. The first kappa shape index (κ1) is 38.6. The van der Waals surface area contributed by atoms with Gasteiger partial charge >= 0.3 is 13.5 Å². The number of ether oxygens (including phenoxy) is 2. The summed E-state index contributed by atoms with van der Waals surface area (Å²) < 4.78 is 33.5. The van der Waals surface area contributed by atoms with E-state index in [2.05, 4.69) is 35.0 Å². The van der Waals surface area contributed by atoms with Crippen LogP contribution < -0.4 is 15.3 Å². The Bertz CT molecular complexity index is 1710. The number of rotatable bonds is 14. The van der Waals surface area contributed by atoms with Crippen LogP contribution in [-0.4, -0.2) is 70.7 Å². The molecule has 2 fully saturated rings. The number of ketones is 1. The van der Waals surface area contributed by atoms with Crippen LogP contribution >= 0.6 is 7.52 Å². The summed E-state index contributed by atoms with van der Waals surface area (Å²) in [6, 6.07) is 9.81. The van der Waals surface area contributed by atoms with Crippen LogP contribution in [0.4, 0.5) is 0 Å². The number of nitrogens with one attached hydrogen (secondary N) is 1. The number of carbonyl (C=O) groups excluding carboxylic acids is 2. The molecule has 2 bridgehead atoms.